The monoisotopic (exact) mass is 246 g/mol. The van der Waals surface area contributed by atoms with Gasteiger partial charge in [-0.3, -0.25) is 0 Å². The van der Waals surface area contributed by atoms with Gasteiger partial charge in [-0.1, -0.05) is 5.16 Å². The van der Waals surface area contributed by atoms with Crippen LogP contribution in [-0.4, -0.2) is 18.4 Å². The maximum absolute atomic E-state index is 5.75. The maximum atomic E-state index is 5.75. The van der Waals surface area contributed by atoms with Crippen molar-refractivity contribution in [2.75, 3.05) is 18.9 Å². The maximum Gasteiger partial charge on any atom is 0.229 e. The molecule has 2 aromatic rings. The molecule has 1 aliphatic heterocycles. The van der Waals surface area contributed by atoms with Gasteiger partial charge in [0.15, 0.2) is 11.5 Å². The van der Waals surface area contributed by atoms with Gasteiger partial charge in [-0.25, -0.2) is 0 Å². The van der Waals surface area contributed by atoms with Crippen LogP contribution in [0, 0.1) is 6.92 Å². The fourth-order valence-electron chi connectivity index (χ4n) is 2.12. The minimum atomic E-state index is 0.313. The van der Waals surface area contributed by atoms with Crippen molar-refractivity contribution in [3.63, 3.8) is 0 Å². The minimum absolute atomic E-state index is 0.313. The van der Waals surface area contributed by atoms with E-state index in [-0.39, 0.29) is 0 Å². The van der Waals surface area contributed by atoms with E-state index in [1.54, 1.807) is 6.20 Å². The molecule has 0 unspecified atom stereocenters. The van der Waals surface area contributed by atoms with Crippen LogP contribution in [0.25, 0.3) is 11.1 Å². The molecule has 1 aliphatic rings. The van der Waals surface area contributed by atoms with Crippen molar-refractivity contribution in [1.82, 2.24) is 5.16 Å². The molecule has 0 spiro atoms. The van der Waals surface area contributed by atoms with E-state index in [0.717, 1.165) is 34.6 Å². The van der Waals surface area contributed by atoms with Crippen LogP contribution in [0.1, 0.15) is 12.0 Å². The Labute approximate surface area is 104 Å². The standard InChI is InChI=1S/C13H14N2O3/c1-8-9(10-7-15-18-13(10)14)3-4-11-12(8)17-6-2-5-16-11/h3-4,7H,2,5-6,14H2,1H3. The second-order valence-corrected chi connectivity index (χ2v) is 4.22. The summed E-state index contributed by atoms with van der Waals surface area (Å²) in [5.41, 5.74) is 8.47. The molecule has 2 heterocycles. The molecule has 2 N–H and O–H groups in total. The van der Waals surface area contributed by atoms with Gasteiger partial charge in [0.05, 0.1) is 25.0 Å². The Bertz CT molecular complexity index is 578. The van der Waals surface area contributed by atoms with Crippen LogP contribution in [0.4, 0.5) is 5.88 Å². The molecule has 5 heteroatoms. The fourth-order valence-corrected chi connectivity index (χ4v) is 2.12. The Hall–Kier alpha value is -2.17. The lowest BCUT2D eigenvalue weighted by atomic mass is 10.0. The van der Waals surface area contributed by atoms with Gasteiger partial charge < -0.3 is 19.7 Å². The van der Waals surface area contributed by atoms with Gasteiger partial charge in [0, 0.05) is 12.0 Å². The molecule has 0 saturated carbocycles. The van der Waals surface area contributed by atoms with Crippen LogP contribution < -0.4 is 15.2 Å². The summed E-state index contributed by atoms with van der Waals surface area (Å²) in [5, 5.41) is 3.70. The Morgan fingerprint density at radius 1 is 1.17 bits per heavy atom. The van der Waals surface area contributed by atoms with Crippen LogP contribution in [0.3, 0.4) is 0 Å². The van der Waals surface area contributed by atoms with Gasteiger partial charge in [0.2, 0.25) is 5.88 Å². The highest BCUT2D eigenvalue weighted by Gasteiger charge is 2.18. The van der Waals surface area contributed by atoms with Crippen molar-refractivity contribution >= 4 is 5.88 Å². The number of hydrogen-bond acceptors (Lipinski definition) is 5. The summed E-state index contributed by atoms with van der Waals surface area (Å²) >= 11 is 0. The summed E-state index contributed by atoms with van der Waals surface area (Å²) in [4.78, 5) is 0. The summed E-state index contributed by atoms with van der Waals surface area (Å²) in [6, 6.07) is 3.85. The number of nitrogens with zero attached hydrogens (tertiary/aromatic N) is 1. The van der Waals surface area contributed by atoms with E-state index < -0.39 is 0 Å². The smallest absolute Gasteiger partial charge is 0.229 e. The van der Waals surface area contributed by atoms with Gasteiger partial charge >= 0.3 is 0 Å². The molecule has 1 aromatic carbocycles. The molecule has 0 radical (unpaired) electrons. The topological polar surface area (TPSA) is 70.5 Å². The number of nitrogen functional groups attached to an aromatic ring is 1. The van der Waals surface area contributed by atoms with Crippen molar-refractivity contribution in [1.29, 1.82) is 0 Å². The van der Waals surface area contributed by atoms with Gasteiger partial charge in [0.25, 0.3) is 0 Å². The Morgan fingerprint density at radius 2 is 2.00 bits per heavy atom. The van der Waals surface area contributed by atoms with Crippen LogP contribution >= 0.6 is 0 Å². The number of benzene rings is 1. The lowest BCUT2D eigenvalue weighted by Crippen LogP contribution is -1.98. The molecule has 5 nitrogen and oxygen atoms in total. The minimum Gasteiger partial charge on any atom is -0.490 e. The fraction of sp³-hybridized carbons (Fsp3) is 0.308. The molecule has 94 valence electrons. The zero-order valence-corrected chi connectivity index (χ0v) is 10.1. The van der Waals surface area contributed by atoms with E-state index in [4.69, 9.17) is 19.7 Å². The molecule has 1 aromatic heterocycles. The van der Waals surface area contributed by atoms with Crippen molar-refractivity contribution in [3.8, 4) is 22.6 Å². The molecule has 18 heavy (non-hydrogen) atoms. The van der Waals surface area contributed by atoms with Gasteiger partial charge in [-0.15, -0.1) is 0 Å². The third-order valence-electron chi connectivity index (χ3n) is 3.05. The first-order valence-electron chi connectivity index (χ1n) is 5.87. The first kappa shape index (κ1) is 11.0. The van der Waals surface area contributed by atoms with Crippen LogP contribution in [0.2, 0.25) is 0 Å². The van der Waals surface area contributed by atoms with Crippen molar-refractivity contribution < 1.29 is 14.0 Å². The van der Waals surface area contributed by atoms with Crippen molar-refractivity contribution in [3.05, 3.63) is 23.9 Å². The Balaban J connectivity index is 2.13. The first-order chi connectivity index (χ1) is 8.77. The van der Waals surface area contributed by atoms with Crippen molar-refractivity contribution in [2.45, 2.75) is 13.3 Å². The first-order valence-corrected chi connectivity index (χ1v) is 5.87. The van der Waals surface area contributed by atoms with Gasteiger partial charge in [-0.2, -0.15) is 0 Å². The molecular weight excluding hydrogens is 232 g/mol. The molecule has 0 saturated heterocycles. The predicted octanol–water partition coefficient (Wildman–Crippen LogP) is 2.39. The quantitative estimate of drug-likeness (QED) is 0.836. The SMILES string of the molecule is Cc1c(-c2cnoc2N)ccc2c1OCCCO2. The number of fused-ring (bicyclic) bond motifs is 1. The highest BCUT2D eigenvalue weighted by molar-refractivity contribution is 5.77. The second kappa shape index (κ2) is 4.25. The number of anilines is 1. The number of hydrogen-bond donors (Lipinski definition) is 1. The Kier molecular flexibility index (Phi) is 2.59. The summed E-state index contributed by atoms with van der Waals surface area (Å²) in [6.07, 6.45) is 2.50. The van der Waals surface area contributed by atoms with Crippen LogP contribution in [-0.2, 0) is 0 Å². The van der Waals surface area contributed by atoms with E-state index in [1.165, 1.54) is 0 Å². The third-order valence-corrected chi connectivity index (χ3v) is 3.05. The lowest BCUT2D eigenvalue weighted by molar-refractivity contribution is 0.296. The summed E-state index contributed by atoms with van der Waals surface area (Å²) < 4.78 is 16.3. The molecule has 0 bridgehead atoms. The second-order valence-electron chi connectivity index (χ2n) is 4.22. The van der Waals surface area contributed by atoms with Crippen LogP contribution in [0.15, 0.2) is 22.9 Å². The number of ether oxygens (including phenoxy) is 2. The normalized spacial score (nSPS) is 14.3. The van der Waals surface area contributed by atoms with E-state index in [1.807, 2.05) is 19.1 Å². The molecule has 0 amide bonds. The number of rotatable bonds is 1. The summed E-state index contributed by atoms with van der Waals surface area (Å²) in [5.74, 6) is 1.88. The largest absolute Gasteiger partial charge is 0.490 e. The van der Waals surface area contributed by atoms with E-state index >= 15 is 0 Å². The zero-order valence-electron chi connectivity index (χ0n) is 10.1. The number of nitrogens with two attached hydrogens (primary N) is 1. The molecule has 0 atom stereocenters. The lowest BCUT2D eigenvalue weighted by Gasteiger charge is -2.13. The number of aromatic nitrogens is 1. The summed E-state index contributed by atoms with van der Waals surface area (Å²) in [7, 11) is 0. The zero-order chi connectivity index (χ0) is 12.5. The third kappa shape index (κ3) is 1.68. The average Bonchev–Trinajstić information content (AvgIpc) is 2.65. The van der Waals surface area contributed by atoms with Gasteiger partial charge in [0.1, 0.15) is 0 Å². The van der Waals surface area contributed by atoms with Crippen molar-refractivity contribution in [2.24, 2.45) is 0 Å². The highest BCUT2D eigenvalue weighted by Crippen LogP contribution is 2.40. The summed E-state index contributed by atoms with van der Waals surface area (Å²) in [6.45, 7) is 3.33. The van der Waals surface area contributed by atoms with E-state index in [2.05, 4.69) is 5.16 Å². The molecule has 0 fully saturated rings. The Morgan fingerprint density at radius 3 is 2.78 bits per heavy atom. The average molecular weight is 246 g/mol. The van der Waals surface area contributed by atoms with Gasteiger partial charge in [-0.05, 0) is 24.6 Å². The van der Waals surface area contributed by atoms with E-state index in [0.29, 0.717) is 19.1 Å². The molecular formula is C13H14N2O3. The predicted molar refractivity (Wildman–Crippen MR) is 66.7 cm³/mol. The molecule has 0 aliphatic carbocycles. The molecule has 3 rings (SSSR count). The van der Waals surface area contributed by atoms with E-state index in [9.17, 15) is 0 Å². The van der Waals surface area contributed by atoms with Crippen LogP contribution in [0.5, 0.6) is 11.5 Å². The highest BCUT2D eigenvalue weighted by atomic mass is 16.5.